The van der Waals surface area contributed by atoms with Crippen LogP contribution in [-0.2, 0) is 4.79 Å². The van der Waals surface area contributed by atoms with E-state index >= 15 is 0 Å². The van der Waals surface area contributed by atoms with E-state index in [1.54, 1.807) is 0 Å². The molecule has 0 aromatic heterocycles. The van der Waals surface area contributed by atoms with Crippen LogP contribution in [0.5, 0.6) is 11.5 Å². The number of nitro benzene ring substituents is 1. The number of nitrogens with one attached hydrogen (secondary N) is 1. The number of aromatic hydroxyl groups is 1. The Hall–Kier alpha value is -3.09. The number of ether oxygens (including phenoxy) is 1. The van der Waals surface area contributed by atoms with Crippen LogP contribution >= 0.6 is 0 Å². The summed E-state index contributed by atoms with van der Waals surface area (Å²) in [6.45, 7) is 3.52. The Labute approximate surface area is 132 Å². The fourth-order valence-electron chi connectivity index (χ4n) is 2.09. The first-order valence-corrected chi connectivity index (χ1v) is 6.84. The van der Waals surface area contributed by atoms with Gasteiger partial charge in [0.2, 0.25) is 0 Å². The lowest BCUT2D eigenvalue weighted by Gasteiger charge is -2.12. The molecule has 0 atom stereocenters. The van der Waals surface area contributed by atoms with Gasteiger partial charge < -0.3 is 15.2 Å². The molecule has 0 radical (unpaired) electrons. The molecule has 2 aromatic carbocycles. The highest BCUT2D eigenvalue weighted by Crippen LogP contribution is 2.28. The molecular weight excluding hydrogens is 300 g/mol. The van der Waals surface area contributed by atoms with Crippen molar-refractivity contribution in [1.82, 2.24) is 0 Å². The van der Waals surface area contributed by atoms with Gasteiger partial charge in [0.05, 0.1) is 16.7 Å². The molecule has 0 aliphatic heterocycles. The van der Waals surface area contributed by atoms with Crippen LogP contribution in [0.1, 0.15) is 11.1 Å². The van der Waals surface area contributed by atoms with Crippen LogP contribution in [0.3, 0.4) is 0 Å². The standard InChI is InChI=1S/C16H16N2O5/c1-10-4-3-5-11(2)16(10)23-9-15(20)17-13-7-6-12(18(21)22)8-14(13)19/h3-8,19H,9H2,1-2H3,(H,17,20). The number of para-hydroxylation sites is 1. The number of hydrogen-bond donors (Lipinski definition) is 2. The monoisotopic (exact) mass is 316 g/mol. The average Bonchev–Trinajstić information content (AvgIpc) is 2.48. The van der Waals surface area contributed by atoms with Crippen molar-refractivity contribution in [1.29, 1.82) is 0 Å². The van der Waals surface area contributed by atoms with Crippen molar-refractivity contribution in [3.8, 4) is 11.5 Å². The lowest BCUT2D eigenvalue weighted by atomic mass is 10.1. The van der Waals surface area contributed by atoms with Crippen molar-refractivity contribution in [3.63, 3.8) is 0 Å². The van der Waals surface area contributed by atoms with Crippen LogP contribution in [0.25, 0.3) is 0 Å². The predicted molar refractivity (Wildman–Crippen MR) is 84.8 cm³/mol. The maximum absolute atomic E-state index is 11.9. The average molecular weight is 316 g/mol. The fourth-order valence-corrected chi connectivity index (χ4v) is 2.09. The van der Waals surface area contributed by atoms with Crippen LogP contribution in [-0.4, -0.2) is 22.5 Å². The number of carbonyl (C=O) groups is 1. The number of nitro groups is 1. The van der Waals surface area contributed by atoms with E-state index in [2.05, 4.69) is 5.32 Å². The lowest BCUT2D eigenvalue weighted by Crippen LogP contribution is -2.20. The first-order chi connectivity index (χ1) is 10.9. The van der Waals surface area contributed by atoms with Gasteiger partial charge in [-0.2, -0.15) is 0 Å². The molecule has 1 amide bonds. The molecule has 0 spiro atoms. The minimum atomic E-state index is -0.630. The molecule has 23 heavy (non-hydrogen) atoms. The summed E-state index contributed by atoms with van der Waals surface area (Å²) in [7, 11) is 0. The number of nitrogens with zero attached hydrogens (tertiary/aromatic N) is 1. The van der Waals surface area contributed by atoms with Gasteiger partial charge in [-0.3, -0.25) is 14.9 Å². The van der Waals surface area contributed by atoms with Crippen molar-refractivity contribution in [2.45, 2.75) is 13.8 Å². The summed E-state index contributed by atoms with van der Waals surface area (Å²) >= 11 is 0. The summed E-state index contributed by atoms with van der Waals surface area (Å²) in [5, 5.41) is 22.7. The first kappa shape index (κ1) is 16.3. The fraction of sp³-hybridized carbons (Fsp3) is 0.188. The largest absolute Gasteiger partial charge is 0.506 e. The molecule has 2 N–H and O–H groups in total. The third-order valence-corrected chi connectivity index (χ3v) is 3.22. The molecule has 0 saturated heterocycles. The van der Waals surface area contributed by atoms with Crippen molar-refractivity contribution in [2.75, 3.05) is 11.9 Å². The second-order valence-corrected chi connectivity index (χ2v) is 5.02. The van der Waals surface area contributed by atoms with Crippen LogP contribution in [0.4, 0.5) is 11.4 Å². The van der Waals surface area contributed by atoms with Crippen LogP contribution in [0, 0.1) is 24.0 Å². The van der Waals surface area contributed by atoms with Gasteiger partial charge in [-0.1, -0.05) is 18.2 Å². The van der Waals surface area contributed by atoms with Crippen LogP contribution in [0.2, 0.25) is 0 Å². The normalized spacial score (nSPS) is 10.2. The van der Waals surface area contributed by atoms with Crippen LogP contribution < -0.4 is 10.1 Å². The Morgan fingerprint density at radius 1 is 1.26 bits per heavy atom. The molecule has 2 aromatic rings. The number of phenols is 1. The second-order valence-electron chi connectivity index (χ2n) is 5.02. The number of amides is 1. The van der Waals surface area contributed by atoms with E-state index in [9.17, 15) is 20.0 Å². The number of anilines is 1. The van der Waals surface area contributed by atoms with E-state index in [-0.39, 0.29) is 23.7 Å². The van der Waals surface area contributed by atoms with E-state index in [1.165, 1.54) is 12.1 Å². The SMILES string of the molecule is Cc1cccc(C)c1OCC(=O)Nc1ccc([N+](=O)[O-])cc1O. The van der Waals surface area contributed by atoms with Gasteiger partial charge in [-0.15, -0.1) is 0 Å². The molecule has 0 aliphatic rings. The maximum Gasteiger partial charge on any atom is 0.273 e. The van der Waals surface area contributed by atoms with E-state index in [0.717, 1.165) is 17.2 Å². The highest BCUT2D eigenvalue weighted by molar-refractivity contribution is 5.93. The Balaban J connectivity index is 2.01. The van der Waals surface area contributed by atoms with E-state index in [1.807, 2.05) is 32.0 Å². The lowest BCUT2D eigenvalue weighted by molar-refractivity contribution is -0.384. The predicted octanol–water partition coefficient (Wildman–Crippen LogP) is 2.93. The van der Waals surface area contributed by atoms with E-state index < -0.39 is 10.8 Å². The van der Waals surface area contributed by atoms with Gasteiger partial charge >= 0.3 is 0 Å². The minimum absolute atomic E-state index is 0.0886. The Morgan fingerprint density at radius 3 is 2.48 bits per heavy atom. The van der Waals surface area contributed by atoms with Crippen LogP contribution in [0.15, 0.2) is 36.4 Å². The smallest absolute Gasteiger partial charge is 0.273 e. The minimum Gasteiger partial charge on any atom is -0.506 e. The summed E-state index contributed by atoms with van der Waals surface area (Å²) in [5.74, 6) is -0.216. The molecular formula is C16H16N2O5. The molecule has 0 bridgehead atoms. The Morgan fingerprint density at radius 2 is 1.91 bits per heavy atom. The van der Waals surface area contributed by atoms with Crippen molar-refractivity contribution in [3.05, 3.63) is 57.6 Å². The van der Waals surface area contributed by atoms with Crippen molar-refractivity contribution < 1.29 is 19.6 Å². The zero-order chi connectivity index (χ0) is 17.0. The number of rotatable bonds is 5. The molecule has 0 heterocycles. The quantitative estimate of drug-likeness (QED) is 0.501. The summed E-state index contributed by atoms with van der Waals surface area (Å²) < 4.78 is 5.50. The molecule has 2 rings (SSSR count). The summed E-state index contributed by atoms with van der Waals surface area (Å²) in [6.07, 6.45) is 0. The van der Waals surface area contributed by atoms with E-state index in [4.69, 9.17) is 4.74 Å². The van der Waals surface area contributed by atoms with Gasteiger partial charge in [0.15, 0.2) is 6.61 Å². The topological polar surface area (TPSA) is 102 Å². The highest BCUT2D eigenvalue weighted by Gasteiger charge is 2.13. The van der Waals surface area contributed by atoms with Crippen molar-refractivity contribution in [2.24, 2.45) is 0 Å². The molecule has 0 unspecified atom stereocenters. The van der Waals surface area contributed by atoms with Gasteiger partial charge in [0, 0.05) is 6.07 Å². The summed E-state index contributed by atoms with van der Waals surface area (Å²) in [6, 6.07) is 9.09. The highest BCUT2D eigenvalue weighted by atomic mass is 16.6. The van der Waals surface area contributed by atoms with Gasteiger partial charge in [-0.05, 0) is 31.0 Å². The van der Waals surface area contributed by atoms with Gasteiger partial charge in [0.1, 0.15) is 11.5 Å². The van der Waals surface area contributed by atoms with Gasteiger partial charge in [0.25, 0.3) is 11.6 Å². The number of carbonyl (C=O) groups excluding carboxylic acids is 1. The van der Waals surface area contributed by atoms with Crippen molar-refractivity contribution >= 4 is 17.3 Å². The van der Waals surface area contributed by atoms with E-state index in [0.29, 0.717) is 5.75 Å². The molecule has 7 nitrogen and oxygen atoms in total. The summed E-state index contributed by atoms with van der Waals surface area (Å²) in [4.78, 5) is 21.9. The second kappa shape index (κ2) is 6.78. The summed E-state index contributed by atoms with van der Waals surface area (Å²) in [5.41, 5.74) is 1.66. The maximum atomic E-state index is 11.9. The van der Waals surface area contributed by atoms with Gasteiger partial charge in [-0.25, -0.2) is 0 Å². The zero-order valence-corrected chi connectivity index (χ0v) is 12.7. The Bertz CT molecular complexity index is 738. The Kier molecular flexibility index (Phi) is 4.80. The number of non-ortho nitro benzene ring substituents is 1. The molecule has 120 valence electrons. The third-order valence-electron chi connectivity index (χ3n) is 3.22. The molecule has 0 saturated carbocycles. The molecule has 0 fully saturated rings. The third kappa shape index (κ3) is 3.97. The number of phenolic OH excluding ortho intramolecular Hbond substituents is 1. The molecule has 7 heteroatoms. The first-order valence-electron chi connectivity index (χ1n) is 6.84. The number of aryl methyl sites for hydroxylation is 2. The zero-order valence-electron chi connectivity index (χ0n) is 12.7. The molecule has 0 aliphatic carbocycles. The number of hydrogen-bond acceptors (Lipinski definition) is 5. The number of benzene rings is 2.